The Balaban J connectivity index is 1.38. The largest absolute Gasteiger partial charge is 0.494 e. The van der Waals surface area contributed by atoms with Crippen LogP contribution in [0, 0.1) is 11.8 Å². The molecule has 1 N–H and O–H groups in total. The zero-order valence-corrected chi connectivity index (χ0v) is 18.3. The molecule has 2 saturated carbocycles. The highest BCUT2D eigenvalue weighted by Gasteiger charge is 2.30. The van der Waals surface area contributed by atoms with Crippen LogP contribution >= 0.6 is 0 Å². The quantitative estimate of drug-likeness (QED) is 0.456. The zero-order chi connectivity index (χ0) is 21.4. The molecule has 0 aliphatic heterocycles. The van der Waals surface area contributed by atoms with Crippen LogP contribution in [0.3, 0.4) is 0 Å². The summed E-state index contributed by atoms with van der Waals surface area (Å²) in [6.45, 7) is 5.67. The van der Waals surface area contributed by atoms with Crippen molar-refractivity contribution < 1.29 is 14.3 Å². The highest BCUT2D eigenvalue weighted by molar-refractivity contribution is 5.89. The van der Waals surface area contributed by atoms with Crippen molar-refractivity contribution >= 4 is 22.7 Å². The van der Waals surface area contributed by atoms with E-state index in [1.807, 2.05) is 32.0 Å². The third-order valence-corrected chi connectivity index (χ3v) is 6.33. The van der Waals surface area contributed by atoms with Gasteiger partial charge in [-0.3, -0.25) is 5.32 Å². The molecule has 3 aromatic rings. The van der Waals surface area contributed by atoms with Gasteiger partial charge in [0, 0.05) is 29.4 Å². The van der Waals surface area contributed by atoms with Gasteiger partial charge < -0.3 is 14.0 Å². The first-order valence-electron chi connectivity index (χ1n) is 11.4. The SMILES string of the molecule is CCOc1ccc2cc(-c3ccc(NC(=O)O[C@H](C)C4CC4)cc3)n(CC3CC3)c2c1. The smallest absolute Gasteiger partial charge is 0.411 e. The second-order valence-corrected chi connectivity index (χ2v) is 8.89. The van der Waals surface area contributed by atoms with Crippen LogP contribution in [0.15, 0.2) is 48.5 Å². The highest BCUT2D eigenvalue weighted by Crippen LogP contribution is 2.37. The van der Waals surface area contributed by atoms with Gasteiger partial charge in [0.25, 0.3) is 0 Å². The van der Waals surface area contributed by atoms with E-state index in [-0.39, 0.29) is 12.2 Å². The molecule has 5 heteroatoms. The molecule has 2 fully saturated rings. The molecule has 1 amide bonds. The van der Waals surface area contributed by atoms with Gasteiger partial charge in [0.2, 0.25) is 0 Å². The highest BCUT2D eigenvalue weighted by atomic mass is 16.6. The molecule has 2 aromatic carbocycles. The Bertz CT molecular complexity index is 1080. The Hall–Kier alpha value is -2.95. The number of hydrogen-bond donors (Lipinski definition) is 1. The molecule has 2 aliphatic carbocycles. The predicted octanol–water partition coefficient (Wildman–Crippen LogP) is 6.46. The first-order chi connectivity index (χ1) is 15.1. The molecule has 0 unspecified atom stereocenters. The molecule has 1 heterocycles. The Morgan fingerprint density at radius 3 is 2.55 bits per heavy atom. The Morgan fingerprint density at radius 2 is 1.87 bits per heavy atom. The topological polar surface area (TPSA) is 52.5 Å². The summed E-state index contributed by atoms with van der Waals surface area (Å²) in [5.74, 6) is 2.20. The number of hydrogen-bond acceptors (Lipinski definition) is 3. The van der Waals surface area contributed by atoms with Gasteiger partial charge in [0.1, 0.15) is 11.9 Å². The maximum atomic E-state index is 12.1. The van der Waals surface area contributed by atoms with Gasteiger partial charge >= 0.3 is 6.09 Å². The van der Waals surface area contributed by atoms with Gasteiger partial charge in [-0.05, 0) is 87.3 Å². The number of benzene rings is 2. The number of carbonyl (C=O) groups is 1. The average Bonchev–Trinajstić information content (AvgIpc) is 3.67. The lowest BCUT2D eigenvalue weighted by Crippen LogP contribution is -2.21. The summed E-state index contributed by atoms with van der Waals surface area (Å²) >= 11 is 0. The number of rotatable bonds is 8. The fourth-order valence-electron chi connectivity index (χ4n) is 4.19. The fraction of sp³-hybridized carbons (Fsp3) is 0.423. The summed E-state index contributed by atoms with van der Waals surface area (Å²) in [6, 6.07) is 16.6. The lowest BCUT2D eigenvalue weighted by Gasteiger charge is -2.14. The summed E-state index contributed by atoms with van der Waals surface area (Å²) in [5, 5.41) is 4.08. The van der Waals surface area contributed by atoms with Crippen molar-refractivity contribution in [3.8, 4) is 17.0 Å². The number of nitrogens with zero attached hydrogens (tertiary/aromatic N) is 1. The van der Waals surface area contributed by atoms with E-state index in [0.717, 1.165) is 42.3 Å². The molecule has 31 heavy (non-hydrogen) atoms. The number of nitrogens with one attached hydrogen (secondary N) is 1. The van der Waals surface area contributed by atoms with Crippen molar-refractivity contribution in [3.05, 3.63) is 48.5 Å². The number of aromatic nitrogens is 1. The lowest BCUT2D eigenvalue weighted by atomic mass is 10.1. The first-order valence-corrected chi connectivity index (χ1v) is 11.4. The monoisotopic (exact) mass is 418 g/mol. The number of amides is 1. The van der Waals surface area contributed by atoms with E-state index in [0.29, 0.717) is 12.5 Å². The van der Waals surface area contributed by atoms with Crippen molar-refractivity contribution in [2.75, 3.05) is 11.9 Å². The van der Waals surface area contributed by atoms with Crippen LogP contribution < -0.4 is 10.1 Å². The lowest BCUT2D eigenvalue weighted by molar-refractivity contribution is 0.108. The van der Waals surface area contributed by atoms with E-state index in [2.05, 4.69) is 40.2 Å². The molecule has 0 bridgehead atoms. The van der Waals surface area contributed by atoms with Crippen LogP contribution in [0.5, 0.6) is 5.75 Å². The maximum Gasteiger partial charge on any atom is 0.411 e. The van der Waals surface area contributed by atoms with Gasteiger partial charge in [0.05, 0.1) is 12.1 Å². The fourth-order valence-corrected chi connectivity index (χ4v) is 4.19. The van der Waals surface area contributed by atoms with Crippen LogP contribution in [0.2, 0.25) is 0 Å². The molecule has 2 aliphatic rings. The van der Waals surface area contributed by atoms with E-state index in [9.17, 15) is 4.79 Å². The predicted molar refractivity (Wildman–Crippen MR) is 124 cm³/mol. The first kappa shape index (κ1) is 20.0. The Morgan fingerprint density at radius 1 is 1.10 bits per heavy atom. The molecule has 0 radical (unpaired) electrons. The molecule has 0 spiro atoms. The van der Waals surface area contributed by atoms with Crippen molar-refractivity contribution in [1.29, 1.82) is 0 Å². The summed E-state index contributed by atoms with van der Waals surface area (Å²) in [4.78, 5) is 12.1. The maximum absolute atomic E-state index is 12.1. The van der Waals surface area contributed by atoms with Crippen LogP contribution in [-0.2, 0) is 11.3 Å². The zero-order valence-electron chi connectivity index (χ0n) is 18.3. The van der Waals surface area contributed by atoms with Gasteiger partial charge in [-0.25, -0.2) is 4.79 Å². The van der Waals surface area contributed by atoms with Crippen molar-refractivity contribution in [2.24, 2.45) is 11.8 Å². The Kier molecular flexibility index (Phi) is 5.34. The second kappa shape index (κ2) is 8.29. The van der Waals surface area contributed by atoms with Crippen LogP contribution in [0.4, 0.5) is 10.5 Å². The summed E-state index contributed by atoms with van der Waals surface area (Å²) in [5.41, 5.74) is 4.31. The van der Waals surface area contributed by atoms with E-state index in [4.69, 9.17) is 9.47 Å². The standard InChI is InChI=1S/C26H30N2O3/c1-3-30-23-13-10-21-14-24(28(25(21)15-23)16-18-4-5-18)20-8-11-22(12-9-20)27-26(29)31-17(2)19-6-7-19/h8-15,17-19H,3-7,16H2,1-2H3,(H,27,29)/t17-/m1/s1. The van der Waals surface area contributed by atoms with Crippen molar-refractivity contribution in [3.63, 3.8) is 0 Å². The molecular formula is C26H30N2O3. The minimum atomic E-state index is -0.376. The van der Waals surface area contributed by atoms with Crippen molar-refractivity contribution in [1.82, 2.24) is 4.57 Å². The minimum Gasteiger partial charge on any atom is -0.494 e. The van der Waals surface area contributed by atoms with Gasteiger partial charge in [0.15, 0.2) is 0 Å². The van der Waals surface area contributed by atoms with Crippen LogP contribution in [-0.4, -0.2) is 23.4 Å². The normalized spacial score (nSPS) is 16.8. The molecule has 5 rings (SSSR count). The molecule has 162 valence electrons. The summed E-state index contributed by atoms with van der Waals surface area (Å²) in [6.07, 6.45) is 4.52. The average molecular weight is 419 g/mol. The van der Waals surface area contributed by atoms with Crippen LogP contribution in [0.25, 0.3) is 22.2 Å². The molecule has 0 saturated heterocycles. The van der Waals surface area contributed by atoms with Gasteiger partial charge in [-0.1, -0.05) is 12.1 Å². The summed E-state index contributed by atoms with van der Waals surface area (Å²) < 4.78 is 13.6. The molecule has 1 aromatic heterocycles. The number of fused-ring (bicyclic) bond motifs is 1. The number of ether oxygens (including phenoxy) is 2. The minimum absolute atomic E-state index is 0.0148. The molecule has 5 nitrogen and oxygen atoms in total. The van der Waals surface area contributed by atoms with E-state index in [1.54, 1.807) is 0 Å². The second-order valence-electron chi connectivity index (χ2n) is 8.89. The van der Waals surface area contributed by atoms with E-state index in [1.165, 1.54) is 29.4 Å². The Labute approximate surface area is 183 Å². The third-order valence-electron chi connectivity index (χ3n) is 6.33. The third kappa shape index (κ3) is 4.55. The summed E-state index contributed by atoms with van der Waals surface area (Å²) in [7, 11) is 0. The number of anilines is 1. The van der Waals surface area contributed by atoms with Gasteiger partial charge in [-0.15, -0.1) is 0 Å². The molecular weight excluding hydrogens is 388 g/mol. The van der Waals surface area contributed by atoms with Gasteiger partial charge in [-0.2, -0.15) is 0 Å². The van der Waals surface area contributed by atoms with Crippen molar-refractivity contribution in [2.45, 2.75) is 52.2 Å². The van der Waals surface area contributed by atoms with Crippen LogP contribution in [0.1, 0.15) is 39.5 Å². The van der Waals surface area contributed by atoms with E-state index < -0.39 is 0 Å². The number of carbonyl (C=O) groups excluding carboxylic acids is 1. The van der Waals surface area contributed by atoms with E-state index >= 15 is 0 Å². The molecule has 1 atom stereocenters.